The molecule has 0 saturated heterocycles. The second kappa shape index (κ2) is 7.15. The van der Waals surface area contributed by atoms with Crippen molar-refractivity contribution in [1.82, 2.24) is 4.90 Å². The molecule has 0 spiro atoms. The normalized spacial score (nSPS) is 18.2. The molecular formula is C10H21F3N2O2. The van der Waals surface area contributed by atoms with Crippen molar-refractivity contribution in [2.24, 2.45) is 5.73 Å². The van der Waals surface area contributed by atoms with Crippen molar-refractivity contribution >= 4 is 0 Å². The molecule has 0 amide bonds. The van der Waals surface area contributed by atoms with Crippen LogP contribution in [0.5, 0.6) is 0 Å². The van der Waals surface area contributed by atoms with E-state index in [1.807, 2.05) is 0 Å². The van der Waals surface area contributed by atoms with Gasteiger partial charge in [0.1, 0.15) is 6.04 Å². The van der Waals surface area contributed by atoms with E-state index in [1.54, 1.807) is 6.92 Å². The maximum atomic E-state index is 12.8. The first-order valence-electron chi connectivity index (χ1n) is 5.43. The molecule has 4 nitrogen and oxygen atoms in total. The predicted octanol–water partition coefficient (Wildman–Crippen LogP) is 0.594. The topological polar surface area (TPSA) is 58.7 Å². The molecule has 0 heterocycles. The Morgan fingerprint density at radius 2 is 1.94 bits per heavy atom. The van der Waals surface area contributed by atoms with Crippen molar-refractivity contribution in [3.8, 4) is 0 Å². The molecule has 0 aliphatic carbocycles. The molecule has 3 N–H and O–H groups in total. The maximum absolute atomic E-state index is 12.8. The molecule has 0 aromatic heterocycles. The lowest BCUT2D eigenvalue weighted by atomic mass is 10.0. The number of aliphatic hydroxyl groups is 1. The monoisotopic (exact) mass is 258 g/mol. The van der Waals surface area contributed by atoms with E-state index in [0.717, 1.165) is 4.90 Å². The zero-order valence-electron chi connectivity index (χ0n) is 10.4. The van der Waals surface area contributed by atoms with Gasteiger partial charge in [-0.05, 0) is 13.5 Å². The van der Waals surface area contributed by atoms with Gasteiger partial charge in [-0.3, -0.25) is 4.90 Å². The van der Waals surface area contributed by atoms with E-state index in [2.05, 4.69) is 4.74 Å². The smallest absolute Gasteiger partial charge is 0.389 e. The number of aliphatic hydroxyl groups excluding tert-OH is 1. The summed E-state index contributed by atoms with van der Waals surface area (Å²) in [7, 11) is 2.68. The van der Waals surface area contributed by atoms with Crippen LogP contribution < -0.4 is 5.73 Å². The number of methoxy groups -OCH3 is 1. The molecule has 0 aliphatic heterocycles. The predicted molar refractivity (Wildman–Crippen MR) is 58.6 cm³/mol. The highest BCUT2D eigenvalue weighted by Gasteiger charge is 2.45. The van der Waals surface area contributed by atoms with E-state index in [-0.39, 0.29) is 19.6 Å². The van der Waals surface area contributed by atoms with Gasteiger partial charge in [0.05, 0.1) is 12.7 Å². The molecule has 0 aromatic rings. The molecule has 3 unspecified atom stereocenters. The fourth-order valence-corrected chi connectivity index (χ4v) is 1.73. The van der Waals surface area contributed by atoms with Crippen molar-refractivity contribution in [2.75, 3.05) is 27.3 Å². The minimum atomic E-state index is -4.41. The lowest BCUT2D eigenvalue weighted by molar-refractivity contribution is -0.189. The summed E-state index contributed by atoms with van der Waals surface area (Å²) < 4.78 is 43.1. The third-order valence-electron chi connectivity index (χ3n) is 2.54. The SMILES string of the molecule is CCC(N)C(N(C)CC(O)COC)C(F)(F)F. The Kier molecular flexibility index (Phi) is 6.99. The van der Waals surface area contributed by atoms with Crippen molar-refractivity contribution in [1.29, 1.82) is 0 Å². The molecule has 104 valence electrons. The number of hydrogen-bond donors (Lipinski definition) is 2. The number of hydrogen-bond acceptors (Lipinski definition) is 4. The number of likely N-dealkylation sites (N-methyl/N-ethyl adjacent to an activating group) is 1. The quantitative estimate of drug-likeness (QED) is 0.702. The summed E-state index contributed by atoms with van der Waals surface area (Å²) in [5, 5.41) is 9.41. The maximum Gasteiger partial charge on any atom is 0.405 e. The minimum Gasteiger partial charge on any atom is -0.389 e. The average Bonchev–Trinajstić information content (AvgIpc) is 2.15. The highest BCUT2D eigenvalue weighted by atomic mass is 19.4. The molecule has 0 radical (unpaired) electrons. The van der Waals surface area contributed by atoms with Crippen LogP contribution >= 0.6 is 0 Å². The third-order valence-corrected chi connectivity index (χ3v) is 2.54. The summed E-state index contributed by atoms with van der Waals surface area (Å²) in [5.74, 6) is 0. The van der Waals surface area contributed by atoms with Crippen LogP contribution in [0.15, 0.2) is 0 Å². The number of ether oxygens (including phenoxy) is 1. The second-order valence-corrected chi connectivity index (χ2v) is 4.11. The number of alkyl halides is 3. The summed E-state index contributed by atoms with van der Waals surface area (Å²) in [6.45, 7) is 1.46. The van der Waals surface area contributed by atoms with Crippen molar-refractivity contribution in [3.05, 3.63) is 0 Å². The molecule has 0 fully saturated rings. The zero-order valence-corrected chi connectivity index (χ0v) is 10.4. The van der Waals surface area contributed by atoms with Crippen LogP contribution in [0.2, 0.25) is 0 Å². The van der Waals surface area contributed by atoms with Crippen LogP contribution in [-0.4, -0.2) is 61.7 Å². The molecule has 17 heavy (non-hydrogen) atoms. The van der Waals surface area contributed by atoms with E-state index < -0.39 is 24.4 Å². The number of halogens is 3. The van der Waals surface area contributed by atoms with Gasteiger partial charge in [-0.2, -0.15) is 13.2 Å². The van der Waals surface area contributed by atoms with Crippen molar-refractivity contribution in [3.63, 3.8) is 0 Å². The first kappa shape index (κ1) is 16.6. The third kappa shape index (κ3) is 5.67. The number of nitrogens with two attached hydrogens (primary N) is 1. The largest absolute Gasteiger partial charge is 0.405 e. The Labute approximate surface area is 99.5 Å². The summed E-state index contributed by atoms with van der Waals surface area (Å²) in [4.78, 5) is 1.03. The van der Waals surface area contributed by atoms with Gasteiger partial charge in [0, 0.05) is 19.7 Å². The van der Waals surface area contributed by atoms with Gasteiger partial charge in [-0.15, -0.1) is 0 Å². The average molecular weight is 258 g/mol. The van der Waals surface area contributed by atoms with Crippen LogP contribution in [0.4, 0.5) is 13.2 Å². The Hall–Kier alpha value is -0.370. The summed E-state index contributed by atoms with van der Waals surface area (Å²) in [6.07, 6.45) is -5.15. The molecule has 3 atom stereocenters. The van der Waals surface area contributed by atoms with Gasteiger partial charge in [0.2, 0.25) is 0 Å². The van der Waals surface area contributed by atoms with Crippen molar-refractivity contribution < 1.29 is 23.0 Å². The van der Waals surface area contributed by atoms with E-state index in [9.17, 15) is 18.3 Å². The zero-order chi connectivity index (χ0) is 13.6. The summed E-state index contributed by atoms with van der Waals surface area (Å²) in [6, 6.07) is -2.76. The molecule has 0 rings (SSSR count). The van der Waals surface area contributed by atoms with E-state index in [1.165, 1.54) is 14.2 Å². The number of nitrogens with zero attached hydrogens (tertiary/aromatic N) is 1. The standard InChI is InChI=1S/C10H21F3N2O2/c1-4-8(14)9(10(11,12)13)15(2)5-7(16)6-17-3/h7-9,16H,4-6,14H2,1-3H3. The van der Waals surface area contributed by atoms with Crippen LogP contribution in [0, 0.1) is 0 Å². The first-order valence-corrected chi connectivity index (χ1v) is 5.43. The lowest BCUT2D eigenvalue weighted by Crippen LogP contribution is -2.56. The summed E-state index contributed by atoms with van der Waals surface area (Å²) >= 11 is 0. The summed E-state index contributed by atoms with van der Waals surface area (Å²) in [5.41, 5.74) is 5.48. The van der Waals surface area contributed by atoms with Crippen LogP contribution in [0.1, 0.15) is 13.3 Å². The van der Waals surface area contributed by atoms with Gasteiger partial charge in [0.25, 0.3) is 0 Å². The molecule has 0 aromatic carbocycles. The van der Waals surface area contributed by atoms with Crippen molar-refractivity contribution in [2.45, 2.75) is 37.7 Å². The second-order valence-electron chi connectivity index (χ2n) is 4.11. The number of rotatable bonds is 7. The fourth-order valence-electron chi connectivity index (χ4n) is 1.73. The lowest BCUT2D eigenvalue weighted by Gasteiger charge is -2.34. The van der Waals surface area contributed by atoms with E-state index in [0.29, 0.717) is 0 Å². The fraction of sp³-hybridized carbons (Fsp3) is 1.00. The highest BCUT2D eigenvalue weighted by Crippen LogP contribution is 2.27. The van der Waals surface area contributed by atoms with Crippen LogP contribution in [-0.2, 0) is 4.74 Å². The van der Waals surface area contributed by atoms with E-state index in [4.69, 9.17) is 5.73 Å². The molecular weight excluding hydrogens is 237 g/mol. The van der Waals surface area contributed by atoms with Gasteiger partial charge in [-0.1, -0.05) is 6.92 Å². The Morgan fingerprint density at radius 1 is 1.41 bits per heavy atom. The Bertz CT molecular complexity index is 214. The van der Waals surface area contributed by atoms with Crippen LogP contribution in [0.25, 0.3) is 0 Å². The Morgan fingerprint density at radius 3 is 2.29 bits per heavy atom. The van der Waals surface area contributed by atoms with Gasteiger partial charge in [-0.25, -0.2) is 0 Å². The highest BCUT2D eigenvalue weighted by molar-refractivity contribution is 4.86. The van der Waals surface area contributed by atoms with E-state index >= 15 is 0 Å². The molecule has 0 saturated carbocycles. The van der Waals surface area contributed by atoms with Crippen LogP contribution in [0.3, 0.4) is 0 Å². The molecule has 7 heteroatoms. The van der Waals surface area contributed by atoms with Gasteiger partial charge in [0.15, 0.2) is 0 Å². The minimum absolute atomic E-state index is 0.00369. The molecule has 0 bridgehead atoms. The Balaban J connectivity index is 4.59. The van der Waals surface area contributed by atoms with Gasteiger partial charge < -0.3 is 15.6 Å². The molecule has 0 aliphatic rings. The van der Waals surface area contributed by atoms with Gasteiger partial charge >= 0.3 is 6.18 Å². The first-order chi connectivity index (χ1) is 7.73.